The van der Waals surface area contributed by atoms with Gasteiger partial charge in [-0.25, -0.2) is 9.48 Å². The second kappa shape index (κ2) is 9.79. The van der Waals surface area contributed by atoms with Crippen molar-refractivity contribution in [3.8, 4) is 22.3 Å². The van der Waals surface area contributed by atoms with E-state index < -0.39 is 17.6 Å². The van der Waals surface area contributed by atoms with Crippen molar-refractivity contribution in [2.75, 3.05) is 7.11 Å². The zero-order chi connectivity index (χ0) is 26.2. The van der Waals surface area contributed by atoms with Gasteiger partial charge in [0.15, 0.2) is 5.65 Å². The molecule has 7 nitrogen and oxygen atoms in total. The summed E-state index contributed by atoms with van der Waals surface area (Å²) in [6.07, 6.45) is -1.87. The van der Waals surface area contributed by atoms with Crippen molar-refractivity contribution in [3.05, 3.63) is 105 Å². The zero-order valence-corrected chi connectivity index (χ0v) is 20.2. The maximum Gasteiger partial charge on any atom is 0.433 e. The average Bonchev–Trinajstić information content (AvgIpc) is 3.19. The van der Waals surface area contributed by atoms with Gasteiger partial charge in [-0.2, -0.15) is 22.8 Å². The van der Waals surface area contributed by atoms with E-state index in [-0.39, 0.29) is 6.54 Å². The van der Waals surface area contributed by atoms with Crippen LogP contribution in [-0.2, 0) is 24.1 Å². The number of benzene rings is 2. The van der Waals surface area contributed by atoms with Gasteiger partial charge in [-0.05, 0) is 40.5 Å². The van der Waals surface area contributed by atoms with E-state index in [4.69, 9.17) is 16.3 Å². The molecule has 0 atom stereocenters. The van der Waals surface area contributed by atoms with Crippen LogP contribution in [0.15, 0.2) is 77.9 Å². The van der Waals surface area contributed by atoms with E-state index in [1.165, 1.54) is 10.6 Å². The van der Waals surface area contributed by atoms with Crippen LogP contribution in [0.1, 0.15) is 16.8 Å². The number of methoxy groups -OCH3 is 1. The van der Waals surface area contributed by atoms with Crippen molar-refractivity contribution in [2.24, 2.45) is 0 Å². The summed E-state index contributed by atoms with van der Waals surface area (Å²) in [5.41, 5.74) is 3.17. The Morgan fingerprint density at radius 1 is 0.919 bits per heavy atom. The van der Waals surface area contributed by atoms with Gasteiger partial charge >= 0.3 is 11.9 Å². The maximum absolute atomic E-state index is 13.1. The molecule has 5 rings (SSSR count). The number of hydrogen-bond acceptors (Lipinski definition) is 5. The number of ether oxygens (including phenoxy) is 1. The van der Waals surface area contributed by atoms with E-state index in [1.54, 1.807) is 25.4 Å². The molecule has 0 aliphatic heterocycles. The molecule has 37 heavy (non-hydrogen) atoms. The van der Waals surface area contributed by atoms with Crippen molar-refractivity contribution in [2.45, 2.75) is 19.3 Å². The molecule has 0 fully saturated rings. The van der Waals surface area contributed by atoms with Crippen LogP contribution in [0.25, 0.3) is 27.9 Å². The van der Waals surface area contributed by atoms with Crippen molar-refractivity contribution in [3.63, 3.8) is 0 Å². The molecule has 0 bridgehead atoms. The number of nitrogens with zero attached hydrogens (tertiary/aromatic N) is 5. The lowest BCUT2D eigenvalue weighted by Gasteiger charge is -2.11. The molecule has 0 amide bonds. The summed E-state index contributed by atoms with van der Waals surface area (Å²) in [6.45, 7) is 0.397. The Morgan fingerprint density at radius 2 is 1.59 bits per heavy atom. The smallest absolute Gasteiger partial charge is 0.380 e. The fraction of sp³-hybridized carbons (Fsp3) is 0.154. The summed E-state index contributed by atoms with van der Waals surface area (Å²) in [5, 5.41) is 9.40. The van der Waals surface area contributed by atoms with E-state index in [1.807, 2.05) is 36.4 Å². The molecule has 0 saturated carbocycles. The molecular weight excluding hydrogens is 507 g/mol. The molecule has 0 saturated heterocycles. The summed E-state index contributed by atoms with van der Waals surface area (Å²) in [5.74, 6) is 0. The average molecular weight is 526 g/mol. The molecule has 11 heteroatoms. The largest absolute Gasteiger partial charge is 0.433 e. The third kappa shape index (κ3) is 4.98. The molecular formula is C26H19ClF3N5O2. The van der Waals surface area contributed by atoms with Crippen molar-refractivity contribution >= 4 is 17.2 Å². The minimum atomic E-state index is -4.55. The molecule has 0 N–H and O–H groups in total. The van der Waals surface area contributed by atoms with Crippen molar-refractivity contribution in [1.82, 2.24) is 24.4 Å². The number of rotatable bonds is 6. The Balaban J connectivity index is 1.63. The van der Waals surface area contributed by atoms with Gasteiger partial charge in [0.25, 0.3) is 0 Å². The van der Waals surface area contributed by atoms with Crippen LogP contribution in [0.4, 0.5) is 13.2 Å². The standard InChI is InChI=1S/C26H19ClF3N5O2/c1-37-15-16-2-5-18(6-3-16)21-13-32-35-24(23(21)19-7-9-20(27)10-8-19)33-34(25(35)36)14-17-4-11-22(31-12-17)26(28,29)30/h2-13H,14-15H2,1H3. The number of fused-ring (bicyclic) bond motifs is 1. The third-order valence-electron chi connectivity index (χ3n) is 5.77. The summed E-state index contributed by atoms with van der Waals surface area (Å²) in [4.78, 5) is 16.6. The van der Waals surface area contributed by atoms with Gasteiger partial charge in [0.1, 0.15) is 5.69 Å². The summed E-state index contributed by atoms with van der Waals surface area (Å²) >= 11 is 6.10. The molecule has 0 unspecified atom stereocenters. The summed E-state index contributed by atoms with van der Waals surface area (Å²) in [7, 11) is 1.62. The lowest BCUT2D eigenvalue weighted by atomic mass is 9.96. The number of alkyl halides is 3. The van der Waals surface area contributed by atoms with Gasteiger partial charge < -0.3 is 4.74 Å². The topological polar surface area (TPSA) is 74.3 Å². The molecule has 5 aromatic rings. The van der Waals surface area contributed by atoms with Crippen LogP contribution < -0.4 is 5.69 Å². The van der Waals surface area contributed by atoms with Gasteiger partial charge in [-0.15, -0.1) is 5.10 Å². The minimum Gasteiger partial charge on any atom is -0.380 e. The highest BCUT2D eigenvalue weighted by molar-refractivity contribution is 6.30. The van der Waals surface area contributed by atoms with Crippen LogP contribution in [0.2, 0.25) is 5.02 Å². The highest BCUT2D eigenvalue weighted by Gasteiger charge is 2.32. The van der Waals surface area contributed by atoms with Crippen LogP contribution in [-0.4, -0.2) is 31.5 Å². The first kappa shape index (κ1) is 24.7. The second-order valence-electron chi connectivity index (χ2n) is 8.30. The minimum absolute atomic E-state index is 0.0750. The van der Waals surface area contributed by atoms with Gasteiger partial charge in [0.2, 0.25) is 0 Å². The van der Waals surface area contributed by atoms with Gasteiger partial charge in [0.05, 0.1) is 19.3 Å². The lowest BCUT2D eigenvalue weighted by Crippen LogP contribution is -2.23. The van der Waals surface area contributed by atoms with Crippen LogP contribution in [0, 0.1) is 0 Å². The third-order valence-corrected chi connectivity index (χ3v) is 6.02. The van der Waals surface area contributed by atoms with E-state index in [9.17, 15) is 18.0 Å². The lowest BCUT2D eigenvalue weighted by molar-refractivity contribution is -0.141. The summed E-state index contributed by atoms with van der Waals surface area (Å²) in [6, 6.07) is 17.0. The van der Waals surface area contributed by atoms with E-state index in [2.05, 4.69) is 15.2 Å². The Kier molecular flexibility index (Phi) is 6.53. The van der Waals surface area contributed by atoms with Crippen molar-refractivity contribution in [1.29, 1.82) is 0 Å². The van der Waals surface area contributed by atoms with Crippen LogP contribution in [0.5, 0.6) is 0 Å². The number of aromatic nitrogens is 5. The first-order chi connectivity index (χ1) is 17.7. The first-order valence-electron chi connectivity index (χ1n) is 11.1. The van der Waals surface area contributed by atoms with Crippen LogP contribution >= 0.6 is 11.6 Å². The molecule has 0 radical (unpaired) electrons. The quantitative estimate of drug-likeness (QED) is 0.293. The predicted molar refractivity (Wildman–Crippen MR) is 132 cm³/mol. The monoisotopic (exact) mass is 525 g/mol. The van der Waals surface area contributed by atoms with E-state index in [0.717, 1.165) is 39.2 Å². The Hall–Kier alpha value is -4.02. The van der Waals surface area contributed by atoms with E-state index in [0.29, 0.717) is 28.4 Å². The van der Waals surface area contributed by atoms with Crippen LogP contribution in [0.3, 0.4) is 0 Å². The molecule has 3 aromatic heterocycles. The Morgan fingerprint density at radius 3 is 2.22 bits per heavy atom. The fourth-order valence-corrected chi connectivity index (χ4v) is 4.11. The molecule has 0 spiro atoms. The normalized spacial score (nSPS) is 11.8. The number of halogens is 4. The number of hydrogen-bond donors (Lipinski definition) is 0. The van der Waals surface area contributed by atoms with Gasteiger partial charge in [-0.3, -0.25) is 4.98 Å². The highest BCUT2D eigenvalue weighted by Crippen LogP contribution is 2.35. The highest BCUT2D eigenvalue weighted by atomic mass is 35.5. The predicted octanol–water partition coefficient (Wildman–Crippen LogP) is 5.49. The second-order valence-corrected chi connectivity index (χ2v) is 8.73. The Bertz CT molecular complexity index is 1610. The van der Waals surface area contributed by atoms with Gasteiger partial charge in [0, 0.05) is 29.5 Å². The van der Waals surface area contributed by atoms with Gasteiger partial charge in [-0.1, -0.05) is 54.1 Å². The SMILES string of the molecule is COCc1ccc(-c2cnn3c(=O)n(Cc4ccc(C(F)(F)F)nc4)nc3c2-c2ccc(Cl)cc2)cc1. The molecule has 3 heterocycles. The Labute approximate surface area is 213 Å². The first-order valence-corrected chi connectivity index (χ1v) is 11.5. The molecule has 0 aliphatic carbocycles. The van der Waals surface area contributed by atoms with Crippen molar-refractivity contribution < 1.29 is 17.9 Å². The molecule has 2 aromatic carbocycles. The molecule has 188 valence electrons. The fourth-order valence-electron chi connectivity index (χ4n) is 3.99. The maximum atomic E-state index is 13.1. The zero-order valence-electron chi connectivity index (χ0n) is 19.4. The number of pyridine rings is 1. The van der Waals surface area contributed by atoms with E-state index >= 15 is 0 Å². The molecule has 0 aliphatic rings. The summed E-state index contributed by atoms with van der Waals surface area (Å²) < 4.78 is 46.1.